The van der Waals surface area contributed by atoms with E-state index in [0.717, 1.165) is 81.2 Å². The minimum absolute atomic E-state index is 0.160. The molecule has 0 bridgehead atoms. The quantitative estimate of drug-likeness (QED) is 0.686. The van der Waals surface area contributed by atoms with E-state index in [-0.39, 0.29) is 12.2 Å². The van der Waals surface area contributed by atoms with Crippen molar-refractivity contribution < 1.29 is 9.84 Å². The highest BCUT2D eigenvalue weighted by Gasteiger charge is 2.26. The fourth-order valence-corrected chi connectivity index (χ4v) is 4.75. The van der Waals surface area contributed by atoms with Crippen LogP contribution in [0.5, 0.6) is 5.88 Å². The van der Waals surface area contributed by atoms with Gasteiger partial charge in [0.05, 0.1) is 17.0 Å². The summed E-state index contributed by atoms with van der Waals surface area (Å²) >= 11 is 0. The molecule has 2 aromatic heterocycles. The largest absolute Gasteiger partial charge is 0.474 e. The molecule has 1 aliphatic heterocycles. The SMILES string of the molecule is CCCCCc1ncc2c(OC3CCN(C)CC3)ncc(C3CCC(O)CC3)c2n1. The highest BCUT2D eigenvalue weighted by Crippen LogP contribution is 2.37. The van der Waals surface area contributed by atoms with Crippen LogP contribution in [-0.4, -0.2) is 57.3 Å². The van der Waals surface area contributed by atoms with E-state index >= 15 is 0 Å². The number of pyridine rings is 1. The molecule has 164 valence electrons. The Bertz CT molecular complexity index is 827. The molecule has 30 heavy (non-hydrogen) atoms. The molecule has 3 heterocycles. The summed E-state index contributed by atoms with van der Waals surface area (Å²) < 4.78 is 6.36. The zero-order chi connectivity index (χ0) is 20.9. The lowest BCUT2D eigenvalue weighted by Crippen LogP contribution is -2.35. The summed E-state index contributed by atoms with van der Waals surface area (Å²) in [5, 5.41) is 10.9. The Labute approximate surface area is 180 Å². The molecular formula is C24H36N4O2. The molecule has 2 aromatic rings. The molecule has 1 saturated heterocycles. The lowest BCUT2D eigenvalue weighted by atomic mass is 9.82. The van der Waals surface area contributed by atoms with Crippen LogP contribution in [0.25, 0.3) is 10.9 Å². The van der Waals surface area contributed by atoms with E-state index in [0.29, 0.717) is 11.8 Å². The Hall–Kier alpha value is -1.79. The molecule has 1 saturated carbocycles. The van der Waals surface area contributed by atoms with Gasteiger partial charge in [0.1, 0.15) is 11.9 Å². The maximum absolute atomic E-state index is 9.93. The Morgan fingerprint density at radius 3 is 2.53 bits per heavy atom. The third-order valence-electron chi connectivity index (χ3n) is 6.75. The number of likely N-dealkylation sites (tertiary alicyclic amines) is 1. The minimum Gasteiger partial charge on any atom is -0.474 e. The number of nitrogens with zero attached hydrogens (tertiary/aromatic N) is 4. The fraction of sp³-hybridized carbons (Fsp3) is 0.708. The molecule has 0 unspecified atom stereocenters. The van der Waals surface area contributed by atoms with Crippen molar-refractivity contribution in [1.82, 2.24) is 19.9 Å². The number of aryl methyl sites for hydroxylation is 1. The highest BCUT2D eigenvalue weighted by atomic mass is 16.5. The maximum Gasteiger partial charge on any atom is 0.224 e. The van der Waals surface area contributed by atoms with Crippen molar-refractivity contribution in [2.75, 3.05) is 20.1 Å². The molecule has 1 N–H and O–H groups in total. The van der Waals surface area contributed by atoms with Crippen LogP contribution < -0.4 is 4.74 Å². The predicted molar refractivity (Wildman–Crippen MR) is 119 cm³/mol. The second-order valence-electron chi connectivity index (χ2n) is 9.15. The van der Waals surface area contributed by atoms with Gasteiger partial charge in [0.2, 0.25) is 5.88 Å². The summed E-state index contributed by atoms with van der Waals surface area (Å²) in [5.74, 6) is 2.00. The van der Waals surface area contributed by atoms with Crippen molar-refractivity contribution in [2.45, 2.75) is 89.3 Å². The van der Waals surface area contributed by atoms with E-state index in [1.165, 1.54) is 18.4 Å². The smallest absolute Gasteiger partial charge is 0.224 e. The minimum atomic E-state index is -0.160. The molecule has 0 radical (unpaired) electrons. The van der Waals surface area contributed by atoms with Crippen LogP contribution in [0.1, 0.15) is 82.0 Å². The Morgan fingerprint density at radius 1 is 1.03 bits per heavy atom. The molecule has 4 rings (SSSR count). The zero-order valence-corrected chi connectivity index (χ0v) is 18.5. The Morgan fingerprint density at radius 2 is 1.80 bits per heavy atom. The molecule has 0 atom stereocenters. The molecular weight excluding hydrogens is 376 g/mol. The van der Waals surface area contributed by atoms with E-state index < -0.39 is 0 Å². The van der Waals surface area contributed by atoms with Crippen molar-refractivity contribution in [1.29, 1.82) is 0 Å². The lowest BCUT2D eigenvalue weighted by Gasteiger charge is -2.30. The number of piperidine rings is 1. The molecule has 2 aliphatic rings. The van der Waals surface area contributed by atoms with Gasteiger partial charge in [-0.3, -0.25) is 0 Å². The second-order valence-corrected chi connectivity index (χ2v) is 9.15. The third-order valence-corrected chi connectivity index (χ3v) is 6.75. The van der Waals surface area contributed by atoms with Gasteiger partial charge in [0.25, 0.3) is 0 Å². The number of aromatic nitrogens is 3. The molecule has 1 aliphatic carbocycles. The average Bonchev–Trinajstić information content (AvgIpc) is 2.76. The summed E-state index contributed by atoms with van der Waals surface area (Å²) in [6.45, 7) is 4.33. The number of rotatable bonds is 7. The first-order valence-electron chi connectivity index (χ1n) is 11.8. The number of hydrogen-bond acceptors (Lipinski definition) is 6. The van der Waals surface area contributed by atoms with E-state index in [1.807, 2.05) is 12.4 Å². The van der Waals surface area contributed by atoms with Gasteiger partial charge < -0.3 is 14.7 Å². The second kappa shape index (κ2) is 10.0. The maximum atomic E-state index is 9.93. The van der Waals surface area contributed by atoms with Crippen LogP contribution in [0, 0.1) is 0 Å². The summed E-state index contributed by atoms with van der Waals surface area (Å²) in [4.78, 5) is 16.8. The van der Waals surface area contributed by atoms with Gasteiger partial charge in [-0.05, 0) is 57.9 Å². The number of fused-ring (bicyclic) bond motifs is 1. The molecule has 6 heteroatoms. The lowest BCUT2D eigenvalue weighted by molar-refractivity contribution is 0.111. The van der Waals surface area contributed by atoms with Gasteiger partial charge >= 0.3 is 0 Å². The summed E-state index contributed by atoms with van der Waals surface area (Å²) in [6, 6.07) is 0. The number of hydrogen-bond donors (Lipinski definition) is 1. The van der Waals surface area contributed by atoms with Crippen LogP contribution in [0.2, 0.25) is 0 Å². The van der Waals surface area contributed by atoms with E-state index in [2.05, 4.69) is 23.9 Å². The first kappa shape index (κ1) is 21.4. The number of unbranched alkanes of at least 4 members (excludes halogenated alkanes) is 2. The van der Waals surface area contributed by atoms with Crippen LogP contribution in [-0.2, 0) is 6.42 Å². The molecule has 0 aromatic carbocycles. The summed E-state index contributed by atoms with van der Waals surface area (Å²) in [7, 11) is 2.16. The van der Waals surface area contributed by atoms with Crippen LogP contribution in [0.3, 0.4) is 0 Å². The van der Waals surface area contributed by atoms with Crippen molar-refractivity contribution in [3.63, 3.8) is 0 Å². The number of ether oxygens (including phenoxy) is 1. The first-order chi connectivity index (χ1) is 14.6. The van der Waals surface area contributed by atoms with Crippen LogP contribution in [0.4, 0.5) is 0 Å². The predicted octanol–water partition coefficient (Wildman–Crippen LogP) is 4.25. The van der Waals surface area contributed by atoms with Gasteiger partial charge in [-0.25, -0.2) is 15.0 Å². The molecule has 0 spiro atoms. The van der Waals surface area contributed by atoms with E-state index in [1.54, 1.807) is 0 Å². The standard InChI is InChI=1S/C24H36N4O2/c1-3-4-5-6-22-25-16-21-23(27-22)20(17-7-9-18(29)10-8-17)15-26-24(21)30-19-11-13-28(2)14-12-19/h15-19,29H,3-14H2,1-2H3. The fourth-order valence-electron chi connectivity index (χ4n) is 4.75. The van der Waals surface area contributed by atoms with Crippen molar-refractivity contribution in [3.8, 4) is 5.88 Å². The van der Waals surface area contributed by atoms with E-state index in [4.69, 9.17) is 14.7 Å². The van der Waals surface area contributed by atoms with Crippen molar-refractivity contribution in [3.05, 3.63) is 23.8 Å². The van der Waals surface area contributed by atoms with Gasteiger partial charge in [-0.1, -0.05) is 19.8 Å². The third kappa shape index (κ3) is 5.09. The summed E-state index contributed by atoms with van der Waals surface area (Å²) in [6.07, 6.45) is 14.1. The zero-order valence-electron chi connectivity index (χ0n) is 18.5. The van der Waals surface area contributed by atoms with Crippen molar-refractivity contribution >= 4 is 10.9 Å². The average molecular weight is 413 g/mol. The highest BCUT2D eigenvalue weighted by molar-refractivity contribution is 5.85. The first-order valence-corrected chi connectivity index (χ1v) is 11.8. The molecule has 0 amide bonds. The van der Waals surface area contributed by atoms with Gasteiger partial charge in [0, 0.05) is 37.5 Å². The van der Waals surface area contributed by atoms with Gasteiger partial charge in [-0.15, -0.1) is 0 Å². The Balaban J connectivity index is 1.63. The monoisotopic (exact) mass is 412 g/mol. The number of aliphatic hydroxyl groups is 1. The topological polar surface area (TPSA) is 71.4 Å². The Kier molecular flexibility index (Phi) is 7.16. The molecule has 2 fully saturated rings. The summed E-state index contributed by atoms with van der Waals surface area (Å²) in [5.41, 5.74) is 2.21. The van der Waals surface area contributed by atoms with Crippen molar-refractivity contribution in [2.24, 2.45) is 0 Å². The van der Waals surface area contributed by atoms with E-state index in [9.17, 15) is 5.11 Å². The molecule has 6 nitrogen and oxygen atoms in total. The van der Waals surface area contributed by atoms with Crippen LogP contribution in [0.15, 0.2) is 12.4 Å². The normalized spacial score (nSPS) is 23.7. The van der Waals surface area contributed by atoms with Gasteiger partial charge in [-0.2, -0.15) is 0 Å². The van der Waals surface area contributed by atoms with Gasteiger partial charge in [0.15, 0.2) is 0 Å². The van der Waals surface area contributed by atoms with Crippen LogP contribution >= 0.6 is 0 Å². The number of aliphatic hydroxyl groups excluding tert-OH is 1.